The van der Waals surface area contributed by atoms with E-state index in [9.17, 15) is 0 Å². The lowest BCUT2D eigenvalue weighted by molar-refractivity contribution is 0.395. The third kappa shape index (κ3) is 5.14. The molecular weight excluding hydrogens is 376 g/mol. The van der Waals surface area contributed by atoms with E-state index < -0.39 is 0 Å². The molecule has 0 saturated heterocycles. The number of nitrogens with one attached hydrogen (secondary N) is 2. The lowest BCUT2D eigenvalue weighted by atomic mass is 10.2. The third-order valence-corrected chi connectivity index (χ3v) is 4.18. The van der Waals surface area contributed by atoms with Crippen molar-refractivity contribution >= 4 is 28.7 Å². The van der Waals surface area contributed by atoms with Crippen LogP contribution in [0.3, 0.4) is 0 Å². The van der Waals surface area contributed by atoms with E-state index in [4.69, 9.17) is 26.4 Å². The molecule has 0 radical (unpaired) electrons. The van der Waals surface area contributed by atoms with Crippen LogP contribution in [0, 0.1) is 0 Å². The highest BCUT2D eigenvalue weighted by atomic mass is 32.1. The van der Waals surface area contributed by atoms with Gasteiger partial charge < -0.3 is 24.8 Å². The second-order valence-electron chi connectivity index (χ2n) is 5.96. The molecule has 2 aromatic carbocycles. The van der Waals surface area contributed by atoms with Crippen molar-refractivity contribution in [1.29, 1.82) is 0 Å². The fraction of sp³-hybridized carbons (Fsp3) is 0.200. The largest absolute Gasteiger partial charge is 0.497 e. The molecular formula is C20H22N4O3S. The quantitative estimate of drug-likeness (QED) is 0.587. The summed E-state index contributed by atoms with van der Waals surface area (Å²) < 4.78 is 17.6. The molecule has 0 aliphatic rings. The van der Waals surface area contributed by atoms with E-state index in [-0.39, 0.29) is 0 Å². The Bertz CT molecular complexity index is 936. The van der Waals surface area contributed by atoms with Gasteiger partial charge >= 0.3 is 0 Å². The Morgan fingerprint density at radius 3 is 2.29 bits per heavy atom. The molecule has 2 N–H and O–H groups in total. The van der Waals surface area contributed by atoms with Crippen LogP contribution in [-0.2, 0) is 6.54 Å². The van der Waals surface area contributed by atoms with Crippen LogP contribution in [0.5, 0.6) is 17.2 Å². The molecule has 1 aromatic heterocycles. The number of hydrogen-bond donors (Lipinski definition) is 2. The SMILES string of the molecule is COc1cccc(Cn2cc(NC(=S)Nc3cc(OC)cc(OC)c3)cn2)c1. The van der Waals surface area contributed by atoms with E-state index in [2.05, 4.69) is 15.7 Å². The van der Waals surface area contributed by atoms with Gasteiger partial charge in [0.1, 0.15) is 17.2 Å². The number of aromatic nitrogens is 2. The van der Waals surface area contributed by atoms with Crippen molar-refractivity contribution in [2.45, 2.75) is 6.54 Å². The lowest BCUT2D eigenvalue weighted by Crippen LogP contribution is -2.18. The van der Waals surface area contributed by atoms with Crippen molar-refractivity contribution in [3.8, 4) is 17.2 Å². The number of hydrogen-bond acceptors (Lipinski definition) is 5. The molecule has 146 valence electrons. The Balaban J connectivity index is 1.62. The highest BCUT2D eigenvalue weighted by molar-refractivity contribution is 7.80. The molecule has 0 spiro atoms. The first-order chi connectivity index (χ1) is 13.6. The summed E-state index contributed by atoms with van der Waals surface area (Å²) in [5.41, 5.74) is 2.64. The number of rotatable bonds is 7. The van der Waals surface area contributed by atoms with Gasteiger partial charge in [0.05, 0.1) is 39.8 Å². The fourth-order valence-electron chi connectivity index (χ4n) is 2.65. The lowest BCUT2D eigenvalue weighted by Gasteiger charge is -2.12. The van der Waals surface area contributed by atoms with Gasteiger partial charge in [0.25, 0.3) is 0 Å². The molecule has 0 fully saturated rings. The number of benzene rings is 2. The van der Waals surface area contributed by atoms with Crippen LogP contribution < -0.4 is 24.8 Å². The monoisotopic (exact) mass is 398 g/mol. The van der Waals surface area contributed by atoms with Gasteiger partial charge in [-0.2, -0.15) is 5.10 Å². The summed E-state index contributed by atoms with van der Waals surface area (Å²) >= 11 is 5.39. The second kappa shape index (κ2) is 9.09. The predicted octanol–water partition coefficient (Wildman–Crippen LogP) is 3.77. The first-order valence-electron chi connectivity index (χ1n) is 8.56. The predicted molar refractivity (Wildman–Crippen MR) is 114 cm³/mol. The Morgan fingerprint density at radius 1 is 0.929 bits per heavy atom. The van der Waals surface area contributed by atoms with E-state index in [1.807, 2.05) is 47.3 Å². The summed E-state index contributed by atoms with van der Waals surface area (Å²) in [6.45, 7) is 0.631. The Morgan fingerprint density at radius 2 is 1.61 bits per heavy atom. The van der Waals surface area contributed by atoms with Crippen molar-refractivity contribution in [2.24, 2.45) is 0 Å². The molecule has 7 nitrogen and oxygen atoms in total. The summed E-state index contributed by atoms with van der Waals surface area (Å²) in [5, 5.41) is 11.1. The van der Waals surface area contributed by atoms with Gasteiger partial charge in [0.15, 0.2) is 5.11 Å². The Labute approximate surface area is 169 Å². The number of ether oxygens (including phenoxy) is 3. The first kappa shape index (κ1) is 19.5. The van der Waals surface area contributed by atoms with Gasteiger partial charge in [-0.25, -0.2) is 0 Å². The van der Waals surface area contributed by atoms with E-state index in [1.54, 1.807) is 33.6 Å². The smallest absolute Gasteiger partial charge is 0.175 e. The van der Waals surface area contributed by atoms with Gasteiger partial charge in [-0.3, -0.25) is 4.68 Å². The number of nitrogens with zero attached hydrogens (tertiary/aromatic N) is 2. The highest BCUT2D eigenvalue weighted by Gasteiger charge is 2.06. The number of anilines is 2. The van der Waals surface area contributed by atoms with Crippen LogP contribution in [0.15, 0.2) is 54.9 Å². The molecule has 0 aliphatic heterocycles. The van der Waals surface area contributed by atoms with Crippen molar-refractivity contribution in [3.05, 3.63) is 60.4 Å². The summed E-state index contributed by atoms with van der Waals surface area (Å²) in [6.07, 6.45) is 3.61. The molecule has 8 heteroatoms. The number of thiocarbonyl (C=S) groups is 1. The first-order valence-corrected chi connectivity index (χ1v) is 8.97. The highest BCUT2D eigenvalue weighted by Crippen LogP contribution is 2.26. The molecule has 0 aliphatic carbocycles. The minimum absolute atomic E-state index is 0.441. The maximum absolute atomic E-state index is 5.39. The fourth-order valence-corrected chi connectivity index (χ4v) is 2.88. The Kier molecular flexibility index (Phi) is 6.33. The maximum atomic E-state index is 5.39. The van der Waals surface area contributed by atoms with Crippen molar-refractivity contribution in [1.82, 2.24) is 9.78 Å². The van der Waals surface area contributed by atoms with Crippen molar-refractivity contribution in [3.63, 3.8) is 0 Å². The Hall–Kier alpha value is -3.26. The minimum atomic E-state index is 0.441. The van der Waals surface area contributed by atoms with E-state index in [1.165, 1.54) is 0 Å². The van der Waals surface area contributed by atoms with Gasteiger partial charge in [-0.15, -0.1) is 0 Å². The molecule has 0 bridgehead atoms. The zero-order chi connectivity index (χ0) is 19.9. The molecule has 0 unspecified atom stereocenters. The van der Waals surface area contributed by atoms with Gasteiger partial charge in [0.2, 0.25) is 0 Å². The molecule has 28 heavy (non-hydrogen) atoms. The maximum Gasteiger partial charge on any atom is 0.175 e. The van der Waals surface area contributed by atoms with Crippen molar-refractivity contribution < 1.29 is 14.2 Å². The molecule has 1 heterocycles. The minimum Gasteiger partial charge on any atom is -0.497 e. The van der Waals surface area contributed by atoms with Crippen LogP contribution in [0.1, 0.15) is 5.56 Å². The van der Waals surface area contributed by atoms with E-state index >= 15 is 0 Å². The molecule has 0 amide bonds. The molecule has 0 saturated carbocycles. The number of methoxy groups -OCH3 is 3. The topological polar surface area (TPSA) is 69.6 Å². The normalized spacial score (nSPS) is 10.2. The average molecular weight is 398 g/mol. The van der Waals surface area contributed by atoms with Crippen LogP contribution >= 0.6 is 12.2 Å². The van der Waals surface area contributed by atoms with Crippen molar-refractivity contribution in [2.75, 3.05) is 32.0 Å². The van der Waals surface area contributed by atoms with Crippen LogP contribution in [0.25, 0.3) is 0 Å². The van der Waals surface area contributed by atoms with Gasteiger partial charge in [-0.1, -0.05) is 12.1 Å². The standard InChI is InChI=1S/C20H22N4O3S/c1-25-17-6-4-5-14(7-17)12-24-13-16(11-21-24)23-20(28)22-15-8-18(26-2)10-19(9-15)27-3/h4-11,13H,12H2,1-3H3,(H2,22,23,28). The third-order valence-electron chi connectivity index (χ3n) is 3.98. The summed E-state index contributed by atoms with van der Waals surface area (Å²) in [5.74, 6) is 2.17. The van der Waals surface area contributed by atoms with Crippen LogP contribution in [0.4, 0.5) is 11.4 Å². The summed E-state index contributed by atoms with van der Waals surface area (Å²) in [7, 11) is 4.86. The second-order valence-corrected chi connectivity index (χ2v) is 6.37. The molecule has 0 atom stereocenters. The van der Waals surface area contributed by atoms with Gasteiger partial charge in [-0.05, 0) is 29.9 Å². The summed E-state index contributed by atoms with van der Waals surface area (Å²) in [6, 6.07) is 13.3. The zero-order valence-corrected chi connectivity index (χ0v) is 16.7. The summed E-state index contributed by atoms with van der Waals surface area (Å²) in [4.78, 5) is 0. The van der Waals surface area contributed by atoms with Crippen LogP contribution in [0.2, 0.25) is 0 Å². The zero-order valence-electron chi connectivity index (χ0n) is 15.9. The van der Waals surface area contributed by atoms with E-state index in [0.29, 0.717) is 23.2 Å². The van der Waals surface area contributed by atoms with Gasteiger partial charge in [0, 0.05) is 30.1 Å². The van der Waals surface area contributed by atoms with E-state index in [0.717, 1.165) is 22.7 Å². The molecule has 3 aromatic rings. The molecule has 3 rings (SSSR count). The van der Waals surface area contributed by atoms with Crippen LogP contribution in [-0.4, -0.2) is 36.2 Å². The average Bonchev–Trinajstić information content (AvgIpc) is 3.14.